The first kappa shape index (κ1) is 20.8. The van der Waals surface area contributed by atoms with Crippen molar-refractivity contribution in [1.29, 1.82) is 0 Å². The van der Waals surface area contributed by atoms with Gasteiger partial charge in [0.2, 0.25) is 0 Å². The van der Waals surface area contributed by atoms with Crippen LogP contribution in [0.3, 0.4) is 0 Å². The van der Waals surface area contributed by atoms with Crippen LogP contribution in [0, 0.1) is 13.8 Å². The summed E-state index contributed by atoms with van der Waals surface area (Å²) in [4.78, 5) is 32.5. The molecule has 0 fully saturated rings. The molecule has 2 N–H and O–H groups in total. The summed E-state index contributed by atoms with van der Waals surface area (Å²) in [5.74, 6) is 1.17. The van der Waals surface area contributed by atoms with Crippen LogP contribution >= 0.6 is 0 Å². The number of benzene rings is 1. The van der Waals surface area contributed by atoms with Crippen LogP contribution in [-0.2, 0) is 9.59 Å². The molecule has 0 atom stereocenters. The van der Waals surface area contributed by atoms with E-state index < -0.39 is 0 Å². The molecule has 0 saturated heterocycles. The number of carbonyl (C=O) groups excluding carboxylic acids is 2. The number of pyridine rings is 2. The number of aryl methyl sites for hydroxylation is 2. The Labute approximate surface area is 174 Å². The van der Waals surface area contributed by atoms with Crippen LogP contribution in [0.1, 0.15) is 11.4 Å². The third-order valence-corrected chi connectivity index (χ3v) is 3.86. The monoisotopic (exact) mass is 406 g/mol. The number of hydrogen-bond acceptors (Lipinski definition) is 6. The maximum Gasteiger partial charge on any atom is 0.263 e. The summed E-state index contributed by atoms with van der Waals surface area (Å²) in [6, 6.07) is 17.4. The Balaban J connectivity index is 1.47. The van der Waals surface area contributed by atoms with Gasteiger partial charge in [0.1, 0.15) is 23.1 Å². The number of ether oxygens (including phenoxy) is 2. The maximum absolute atomic E-state index is 12.0. The standard InChI is InChI=1S/C22H22N4O4/c1-15-6-3-10-19(23-15)25-21(27)13-29-17-8-5-9-18(12-17)30-14-22(28)26-20-11-4-7-16(2)24-20/h3-12H,13-14H2,1-2H3,(H,23,25,27)(H,24,26,28). The molecule has 0 radical (unpaired) electrons. The minimum Gasteiger partial charge on any atom is -0.484 e. The molecular formula is C22H22N4O4. The Morgan fingerprint density at radius 1 is 0.733 bits per heavy atom. The van der Waals surface area contributed by atoms with Gasteiger partial charge < -0.3 is 20.1 Å². The average Bonchev–Trinajstić information content (AvgIpc) is 2.71. The number of anilines is 2. The van der Waals surface area contributed by atoms with Crippen LogP contribution in [0.25, 0.3) is 0 Å². The first-order valence-electron chi connectivity index (χ1n) is 9.30. The third kappa shape index (κ3) is 6.59. The summed E-state index contributed by atoms with van der Waals surface area (Å²) in [7, 11) is 0. The zero-order chi connectivity index (χ0) is 21.3. The molecule has 30 heavy (non-hydrogen) atoms. The second-order valence-electron chi connectivity index (χ2n) is 6.48. The van der Waals surface area contributed by atoms with E-state index in [1.807, 2.05) is 38.1 Å². The fraction of sp³-hybridized carbons (Fsp3) is 0.182. The Morgan fingerprint density at radius 3 is 1.60 bits per heavy atom. The van der Waals surface area contributed by atoms with E-state index in [0.29, 0.717) is 23.1 Å². The summed E-state index contributed by atoms with van der Waals surface area (Å²) >= 11 is 0. The fourth-order valence-corrected chi connectivity index (χ4v) is 2.53. The lowest BCUT2D eigenvalue weighted by atomic mass is 10.3. The number of aromatic nitrogens is 2. The van der Waals surface area contributed by atoms with Gasteiger partial charge >= 0.3 is 0 Å². The topological polar surface area (TPSA) is 102 Å². The van der Waals surface area contributed by atoms with Crippen molar-refractivity contribution >= 4 is 23.5 Å². The highest BCUT2D eigenvalue weighted by Crippen LogP contribution is 2.19. The van der Waals surface area contributed by atoms with Gasteiger partial charge in [0, 0.05) is 17.5 Å². The number of nitrogens with one attached hydrogen (secondary N) is 2. The second kappa shape index (κ2) is 10.0. The number of carbonyl (C=O) groups is 2. The van der Waals surface area contributed by atoms with Gasteiger partial charge in [-0.25, -0.2) is 9.97 Å². The first-order valence-corrected chi connectivity index (χ1v) is 9.30. The number of amides is 2. The highest BCUT2D eigenvalue weighted by atomic mass is 16.5. The Hall–Kier alpha value is -3.94. The molecule has 3 rings (SSSR count). The molecule has 0 bridgehead atoms. The summed E-state index contributed by atoms with van der Waals surface area (Å²) in [6.07, 6.45) is 0. The lowest BCUT2D eigenvalue weighted by molar-refractivity contribution is -0.118. The van der Waals surface area contributed by atoms with E-state index in [-0.39, 0.29) is 25.0 Å². The van der Waals surface area contributed by atoms with Gasteiger partial charge in [-0.2, -0.15) is 0 Å². The van der Waals surface area contributed by atoms with Crippen LogP contribution in [0.2, 0.25) is 0 Å². The van der Waals surface area contributed by atoms with Crippen LogP contribution in [0.5, 0.6) is 11.5 Å². The Morgan fingerprint density at radius 2 is 1.17 bits per heavy atom. The minimum absolute atomic E-state index is 0.182. The lowest BCUT2D eigenvalue weighted by Crippen LogP contribution is -2.21. The minimum atomic E-state index is -0.329. The summed E-state index contributed by atoms with van der Waals surface area (Å²) < 4.78 is 11.0. The molecule has 0 unspecified atom stereocenters. The zero-order valence-corrected chi connectivity index (χ0v) is 16.7. The van der Waals surface area contributed by atoms with Gasteiger partial charge in [0.25, 0.3) is 11.8 Å². The molecule has 8 heteroatoms. The Bertz CT molecular complexity index is 960. The SMILES string of the molecule is Cc1cccc(NC(=O)COc2cccc(OCC(=O)Nc3cccc(C)n3)c2)n1. The van der Waals surface area contributed by atoms with Gasteiger partial charge in [-0.15, -0.1) is 0 Å². The van der Waals surface area contributed by atoms with Crippen molar-refractivity contribution in [3.8, 4) is 11.5 Å². The number of hydrogen-bond donors (Lipinski definition) is 2. The van der Waals surface area contributed by atoms with Crippen LogP contribution in [0.4, 0.5) is 11.6 Å². The third-order valence-electron chi connectivity index (χ3n) is 3.86. The van der Waals surface area contributed by atoms with Gasteiger partial charge in [0.05, 0.1) is 0 Å². The molecule has 2 aromatic heterocycles. The van der Waals surface area contributed by atoms with E-state index in [4.69, 9.17) is 9.47 Å². The second-order valence-corrected chi connectivity index (χ2v) is 6.48. The summed E-state index contributed by atoms with van der Waals surface area (Å²) in [5, 5.41) is 5.34. The Kier molecular flexibility index (Phi) is 6.94. The number of rotatable bonds is 8. The van der Waals surface area contributed by atoms with Crippen molar-refractivity contribution < 1.29 is 19.1 Å². The average molecular weight is 406 g/mol. The highest BCUT2D eigenvalue weighted by molar-refractivity contribution is 5.91. The van der Waals surface area contributed by atoms with E-state index >= 15 is 0 Å². The highest BCUT2D eigenvalue weighted by Gasteiger charge is 2.08. The van der Waals surface area contributed by atoms with Gasteiger partial charge in [-0.05, 0) is 50.2 Å². The largest absolute Gasteiger partial charge is 0.484 e. The van der Waals surface area contributed by atoms with Crippen molar-refractivity contribution in [1.82, 2.24) is 9.97 Å². The molecule has 0 aliphatic carbocycles. The van der Waals surface area contributed by atoms with Gasteiger partial charge in [-0.1, -0.05) is 18.2 Å². The molecular weight excluding hydrogens is 384 g/mol. The van der Waals surface area contributed by atoms with Crippen LogP contribution in [0.15, 0.2) is 60.7 Å². The molecule has 0 spiro atoms. The molecule has 154 valence electrons. The quantitative estimate of drug-likeness (QED) is 0.596. The van der Waals surface area contributed by atoms with Crippen LogP contribution < -0.4 is 20.1 Å². The van der Waals surface area contributed by atoms with Crippen molar-refractivity contribution in [2.45, 2.75) is 13.8 Å². The molecule has 2 heterocycles. The molecule has 3 aromatic rings. The van der Waals surface area contributed by atoms with Gasteiger partial charge in [0.15, 0.2) is 13.2 Å². The predicted molar refractivity (Wildman–Crippen MR) is 113 cm³/mol. The number of nitrogens with zero attached hydrogens (tertiary/aromatic N) is 2. The van der Waals surface area contributed by atoms with Crippen molar-refractivity contribution in [3.05, 3.63) is 72.1 Å². The smallest absolute Gasteiger partial charge is 0.263 e. The fourth-order valence-electron chi connectivity index (χ4n) is 2.53. The van der Waals surface area contributed by atoms with E-state index in [9.17, 15) is 9.59 Å². The van der Waals surface area contributed by atoms with E-state index in [0.717, 1.165) is 11.4 Å². The summed E-state index contributed by atoms with van der Waals surface area (Å²) in [6.45, 7) is 3.32. The summed E-state index contributed by atoms with van der Waals surface area (Å²) in [5.41, 5.74) is 1.61. The molecule has 0 aliphatic heterocycles. The molecule has 0 saturated carbocycles. The normalized spacial score (nSPS) is 10.2. The van der Waals surface area contributed by atoms with E-state index in [1.165, 1.54) is 0 Å². The predicted octanol–water partition coefficient (Wildman–Crippen LogP) is 3.13. The van der Waals surface area contributed by atoms with E-state index in [2.05, 4.69) is 20.6 Å². The zero-order valence-electron chi connectivity index (χ0n) is 16.7. The first-order chi connectivity index (χ1) is 14.5. The molecule has 1 aromatic carbocycles. The molecule has 8 nitrogen and oxygen atoms in total. The molecule has 2 amide bonds. The van der Waals surface area contributed by atoms with Crippen molar-refractivity contribution in [2.75, 3.05) is 23.8 Å². The lowest BCUT2D eigenvalue weighted by Gasteiger charge is -2.10. The van der Waals surface area contributed by atoms with Crippen molar-refractivity contribution in [3.63, 3.8) is 0 Å². The van der Waals surface area contributed by atoms with Crippen molar-refractivity contribution in [2.24, 2.45) is 0 Å². The van der Waals surface area contributed by atoms with E-state index in [1.54, 1.807) is 36.4 Å². The van der Waals surface area contributed by atoms with Gasteiger partial charge in [-0.3, -0.25) is 9.59 Å². The molecule has 0 aliphatic rings. The maximum atomic E-state index is 12.0. The van der Waals surface area contributed by atoms with Crippen LogP contribution in [-0.4, -0.2) is 35.0 Å².